The first-order chi connectivity index (χ1) is 9.82. The van der Waals surface area contributed by atoms with E-state index in [0.29, 0.717) is 41.0 Å². The summed E-state index contributed by atoms with van der Waals surface area (Å²) in [6, 6.07) is 2.00. The lowest BCUT2D eigenvalue weighted by Gasteiger charge is -2.32. The maximum absolute atomic E-state index is 12.8. The number of halogens is 1. The van der Waals surface area contributed by atoms with Gasteiger partial charge in [-0.1, -0.05) is 13.8 Å². The topological polar surface area (TPSA) is 58.6 Å². The maximum atomic E-state index is 12.8. The number of morpholine rings is 1. The molecule has 1 atom stereocenters. The molecule has 1 saturated heterocycles. The molecule has 1 aromatic rings. The molecule has 0 amide bonds. The Morgan fingerprint density at radius 3 is 2.90 bits per heavy atom. The van der Waals surface area contributed by atoms with Crippen molar-refractivity contribution in [1.29, 1.82) is 0 Å². The van der Waals surface area contributed by atoms with Gasteiger partial charge in [0.1, 0.15) is 4.90 Å². The quantitative estimate of drug-likeness (QED) is 0.829. The molecule has 0 radical (unpaired) electrons. The molecule has 1 fully saturated rings. The van der Waals surface area contributed by atoms with E-state index in [0.717, 1.165) is 4.88 Å². The zero-order valence-electron chi connectivity index (χ0n) is 12.4. The van der Waals surface area contributed by atoms with E-state index in [4.69, 9.17) is 4.74 Å². The Kier molecular flexibility index (Phi) is 5.84. The van der Waals surface area contributed by atoms with Crippen LogP contribution in [-0.2, 0) is 21.3 Å². The number of hydrogen-bond donors (Lipinski definition) is 1. The van der Waals surface area contributed by atoms with E-state index < -0.39 is 10.0 Å². The van der Waals surface area contributed by atoms with Gasteiger partial charge in [0, 0.05) is 30.1 Å². The van der Waals surface area contributed by atoms with Crippen molar-refractivity contribution in [3.8, 4) is 0 Å². The summed E-state index contributed by atoms with van der Waals surface area (Å²) in [6.45, 7) is 7.99. The molecule has 120 valence electrons. The van der Waals surface area contributed by atoms with Gasteiger partial charge in [0.2, 0.25) is 10.0 Å². The number of nitrogens with zero attached hydrogens (tertiary/aromatic N) is 1. The van der Waals surface area contributed by atoms with Crippen LogP contribution in [0.3, 0.4) is 0 Å². The van der Waals surface area contributed by atoms with Gasteiger partial charge in [0.25, 0.3) is 0 Å². The average molecular weight is 397 g/mol. The number of thiophene rings is 1. The Morgan fingerprint density at radius 2 is 2.29 bits per heavy atom. The van der Waals surface area contributed by atoms with Crippen molar-refractivity contribution in [2.45, 2.75) is 44.3 Å². The van der Waals surface area contributed by atoms with E-state index in [2.05, 4.69) is 35.1 Å². The van der Waals surface area contributed by atoms with Crippen LogP contribution < -0.4 is 5.32 Å². The molecule has 0 aliphatic carbocycles. The van der Waals surface area contributed by atoms with Crippen molar-refractivity contribution in [3.05, 3.63) is 14.7 Å². The van der Waals surface area contributed by atoms with Crippen LogP contribution in [0.25, 0.3) is 0 Å². The molecule has 1 aromatic heterocycles. The minimum absolute atomic E-state index is 0.132. The molecule has 1 aliphatic heterocycles. The van der Waals surface area contributed by atoms with E-state index in [1.165, 1.54) is 15.6 Å². The van der Waals surface area contributed by atoms with Gasteiger partial charge < -0.3 is 10.1 Å². The molecular weight excluding hydrogens is 376 g/mol. The third-order valence-corrected chi connectivity index (χ3v) is 7.55. The molecule has 0 saturated carbocycles. The number of rotatable bonds is 5. The number of nitrogens with one attached hydrogen (secondary N) is 1. The largest absolute Gasteiger partial charge is 0.378 e. The van der Waals surface area contributed by atoms with Crippen molar-refractivity contribution in [2.24, 2.45) is 0 Å². The highest BCUT2D eigenvalue weighted by Crippen LogP contribution is 2.34. The summed E-state index contributed by atoms with van der Waals surface area (Å²) in [5.41, 5.74) is 0. The molecule has 1 aliphatic rings. The summed E-state index contributed by atoms with van der Waals surface area (Å²) >= 11 is 4.87. The Morgan fingerprint density at radius 1 is 1.57 bits per heavy atom. The highest BCUT2D eigenvalue weighted by molar-refractivity contribution is 9.11. The molecule has 21 heavy (non-hydrogen) atoms. The lowest BCUT2D eigenvalue weighted by atomic mass is 10.3. The minimum Gasteiger partial charge on any atom is -0.378 e. The molecule has 1 N–H and O–H groups in total. The number of ether oxygens (including phenoxy) is 1. The number of sulfonamides is 1. The fraction of sp³-hybridized carbons (Fsp3) is 0.692. The standard InChI is InChI=1S/C13H21BrN2O3S2/c1-9(2)15-7-11-6-12(13(14)20-11)21(17,18)16-4-5-19-8-10(16)3/h6,9-10,15H,4-5,7-8H2,1-3H3. The van der Waals surface area contributed by atoms with Gasteiger partial charge in [0.15, 0.2) is 0 Å². The monoisotopic (exact) mass is 396 g/mol. The summed E-state index contributed by atoms with van der Waals surface area (Å²) in [6.07, 6.45) is 0. The lowest BCUT2D eigenvalue weighted by molar-refractivity contribution is 0.0392. The average Bonchev–Trinajstić information content (AvgIpc) is 2.79. The molecular formula is C13H21BrN2O3S2. The smallest absolute Gasteiger partial charge is 0.245 e. The van der Waals surface area contributed by atoms with E-state index in [9.17, 15) is 8.42 Å². The fourth-order valence-electron chi connectivity index (χ4n) is 2.16. The second kappa shape index (κ2) is 7.06. The third-order valence-electron chi connectivity index (χ3n) is 3.28. The summed E-state index contributed by atoms with van der Waals surface area (Å²) in [7, 11) is -3.47. The highest BCUT2D eigenvalue weighted by atomic mass is 79.9. The zero-order chi connectivity index (χ0) is 15.6. The lowest BCUT2D eigenvalue weighted by Crippen LogP contribution is -2.46. The molecule has 0 spiro atoms. The first kappa shape index (κ1) is 17.4. The molecule has 2 heterocycles. The predicted octanol–water partition coefficient (Wildman–Crippen LogP) is 2.42. The Balaban J connectivity index is 2.23. The molecule has 0 aromatic carbocycles. The second-order valence-corrected chi connectivity index (χ2v) is 9.74. The van der Waals surface area contributed by atoms with Crippen molar-refractivity contribution in [2.75, 3.05) is 19.8 Å². The van der Waals surface area contributed by atoms with Gasteiger partial charge in [-0.25, -0.2) is 8.42 Å². The normalized spacial score (nSPS) is 21.1. The fourth-order valence-corrected chi connectivity index (χ4v) is 6.35. The van der Waals surface area contributed by atoms with Gasteiger partial charge in [-0.15, -0.1) is 11.3 Å². The van der Waals surface area contributed by atoms with Crippen LogP contribution in [-0.4, -0.2) is 44.6 Å². The van der Waals surface area contributed by atoms with Crippen LogP contribution >= 0.6 is 27.3 Å². The second-order valence-electron chi connectivity index (χ2n) is 5.43. The summed E-state index contributed by atoms with van der Waals surface area (Å²) in [5.74, 6) is 0. The SMILES string of the molecule is CC(C)NCc1cc(S(=O)(=O)N2CCOCC2C)c(Br)s1. The summed E-state index contributed by atoms with van der Waals surface area (Å²) < 4.78 is 33.1. The minimum atomic E-state index is -3.47. The number of hydrogen-bond acceptors (Lipinski definition) is 5. The van der Waals surface area contributed by atoms with Gasteiger partial charge in [0.05, 0.1) is 17.0 Å². The van der Waals surface area contributed by atoms with E-state index in [1.54, 1.807) is 6.07 Å². The molecule has 2 rings (SSSR count). The van der Waals surface area contributed by atoms with E-state index in [1.807, 2.05) is 6.92 Å². The first-order valence-electron chi connectivity index (χ1n) is 6.93. The van der Waals surface area contributed by atoms with Crippen LogP contribution in [0.1, 0.15) is 25.6 Å². The molecule has 8 heteroatoms. The highest BCUT2D eigenvalue weighted by Gasteiger charge is 2.33. The van der Waals surface area contributed by atoms with Crippen LogP contribution in [0, 0.1) is 0 Å². The molecule has 0 bridgehead atoms. The Labute approximate surface area is 138 Å². The van der Waals surface area contributed by atoms with Crippen LogP contribution in [0.5, 0.6) is 0 Å². The van der Waals surface area contributed by atoms with E-state index >= 15 is 0 Å². The van der Waals surface area contributed by atoms with Gasteiger partial charge in [-0.3, -0.25) is 0 Å². The van der Waals surface area contributed by atoms with Crippen molar-refractivity contribution < 1.29 is 13.2 Å². The Hall–Kier alpha value is 0.01000. The van der Waals surface area contributed by atoms with Crippen LogP contribution in [0.4, 0.5) is 0 Å². The van der Waals surface area contributed by atoms with Gasteiger partial charge in [-0.2, -0.15) is 4.31 Å². The van der Waals surface area contributed by atoms with Crippen molar-refractivity contribution in [1.82, 2.24) is 9.62 Å². The van der Waals surface area contributed by atoms with Crippen LogP contribution in [0.15, 0.2) is 14.7 Å². The van der Waals surface area contributed by atoms with Gasteiger partial charge in [-0.05, 0) is 28.9 Å². The summed E-state index contributed by atoms with van der Waals surface area (Å²) in [5, 5.41) is 3.30. The molecule has 5 nitrogen and oxygen atoms in total. The van der Waals surface area contributed by atoms with Crippen LogP contribution in [0.2, 0.25) is 0 Å². The van der Waals surface area contributed by atoms with Crippen molar-refractivity contribution >= 4 is 37.3 Å². The van der Waals surface area contributed by atoms with Crippen molar-refractivity contribution in [3.63, 3.8) is 0 Å². The summed E-state index contributed by atoms with van der Waals surface area (Å²) in [4.78, 5) is 1.37. The van der Waals surface area contributed by atoms with Gasteiger partial charge >= 0.3 is 0 Å². The zero-order valence-corrected chi connectivity index (χ0v) is 15.6. The predicted molar refractivity (Wildman–Crippen MR) is 88.2 cm³/mol. The maximum Gasteiger partial charge on any atom is 0.245 e. The Bertz CT molecular complexity index is 586. The first-order valence-corrected chi connectivity index (χ1v) is 9.98. The molecule has 1 unspecified atom stereocenters. The third kappa shape index (κ3) is 4.05. The van der Waals surface area contributed by atoms with E-state index in [-0.39, 0.29) is 6.04 Å².